The molecular weight excluding hydrogens is 276 g/mol. The molecule has 0 N–H and O–H groups in total. The molecule has 0 aromatic carbocycles. The first-order valence-corrected chi connectivity index (χ1v) is 7.41. The molecule has 0 aliphatic rings. The van der Waals surface area contributed by atoms with Crippen LogP contribution in [0.2, 0.25) is 5.15 Å². The summed E-state index contributed by atoms with van der Waals surface area (Å²) in [5.41, 5.74) is 0. The van der Waals surface area contributed by atoms with E-state index in [0.29, 0.717) is 17.5 Å². The molecular formula is C14H23ClN4O. The molecule has 0 bridgehead atoms. The molecule has 1 heterocycles. The summed E-state index contributed by atoms with van der Waals surface area (Å²) in [6, 6.07) is 1.69. The molecule has 5 nitrogen and oxygen atoms in total. The van der Waals surface area contributed by atoms with Gasteiger partial charge in [-0.15, -0.1) is 0 Å². The second-order valence-corrected chi connectivity index (χ2v) is 5.02. The maximum Gasteiger partial charge on any atom is 0.242 e. The Labute approximate surface area is 126 Å². The first-order valence-electron chi connectivity index (χ1n) is 7.04. The maximum atomic E-state index is 12.1. The molecule has 0 atom stereocenters. The van der Waals surface area contributed by atoms with Gasteiger partial charge in [-0.25, -0.2) is 9.97 Å². The molecule has 0 spiro atoms. The molecule has 1 aromatic heterocycles. The first-order chi connectivity index (χ1) is 9.51. The van der Waals surface area contributed by atoms with Crippen LogP contribution in [-0.4, -0.2) is 47.5 Å². The van der Waals surface area contributed by atoms with Crippen molar-refractivity contribution >= 4 is 23.3 Å². The summed E-state index contributed by atoms with van der Waals surface area (Å²) < 4.78 is 0. The lowest BCUT2D eigenvalue weighted by molar-refractivity contribution is -0.129. The zero-order chi connectivity index (χ0) is 15.1. The molecule has 1 amide bonds. The van der Waals surface area contributed by atoms with Gasteiger partial charge in [-0.2, -0.15) is 0 Å². The summed E-state index contributed by atoms with van der Waals surface area (Å²) >= 11 is 6.01. The van der Waals surface area contributed by atoms with Gasteiger partial charge in [0, 0.05) is 32.6 Å². The number of halogens is 1. The van der Waals surface area contributed by atoms with E-state index < -0.39 is 0 Å². The topological polar surface area (TPSA) is 49.3 Å². The van der Waals surface area contributed by atoms with E-state index in [1.54, 1.807) is 11.0 Å². The van der Waals surface area contributed by atoms with Crippen molar-refractivity contribution < 1.29 is 4.79 Å². The van der Waals surface area contributed by atoms with E-state index in [1.807, 2.05) is 25.8 Å². The van der Waals surface area contributed by atoms with Gasteiger partial charge in [0.1, 0.15) is 16.8 Å². The Kier molecular flexibility index (Phi) is 6.71. The second-order valence-electron chi connectivity index (χ2n) is 4.64. The monoisotopic (exact) mass is 298 g/mol. The smallest absolute Gasteiger partial charge is 0.242 e. The van der Waals surface area contributed by atoms with Crippen molar-refractivity contribution in [3.8, 4) is 0 Å². The van der Waals surface area contributed by atoms with E-state index in [0.717, 1.165) is 31.8 Å². The van der Waals surface area contributed by atoms with Gasteiger partial charge in [0.25, 0.3) is 0 Å². The van der Waals surface area contributed by atoms with Gasteiger partial charge in [-0.1, -0.05) is 18.5 Å². The van der Waals surface area contributed by atoms with Gasteiger partial charge in [0.05, 0.1) is 6.54 Å². The van der Waals surface area contributed by atoms with Crippen molar-refractivity contribution in [3.63, 3.8) is 0 Å². The van der Waals surface area contributed by atoms with Crippen LogP contribution in [0.5, 0.6) is 0 Å². The minimum absolute atomic E-state index is 0.0873. The molecule has 20 heavy (non-hydrogen) atoms. The number of anilines is 1. The van der Waals surface area contributed by atoms with Crippen LogP contribution in [0.1, 0.15) is 33.0 Å². The lowest BCUT2D eigenvalue weighted by atomic mass is 10.3. The van der Waals surface area contributed by atoms with Crippen molar-refractivity contribution in [1.29, 1.82) is 0 Å². The van der Waals surface area contributed by atoms with Gasteiger partial charge >= 0.3 is 0 Å². The third kappa shape index (κ3) is 4.63. The van der Waals surface area contributed by atoms with Crippen LogP contribution in [0, 0.1) is 0 Å². The predicted octanol–water partition coefficient (Wildman–Crippen LogP) is 2.39. The Morgan fingerprint density at radius 1 is 1.25 bits per heavy atom. The van der Waals surface area contributed by atoms with Crippen molar-refractivity contribution in [1.82, 2.24) is 14.9 Å². The molecule has 0 fully saturated rings. The maximum absolute atomic E-state index is 12.1. The number of nitrogens with zero attached hydrogens (tertiary/aromatic N) is 4. The number of hydrogen-bond donors (Lipinski definition) is 0. The summed E-state index contributed by atoms with van der Waals surface area (Å²) in [7, 11) is 1.84. The molecule has 0 aliphatic heterocycles. The molecule has 0 radical (unpaired) electrons. The van der Waals surface area contributed by atoms with Crippen LogP contribution in [0.15, 0.2) is 6.07 Å². The van der Waals surface area contributed by atoms with Crippen LogP contribution in [0.4, 0.5) is 5.82 Å². The number of carbonyl (C=O) groups excluding carboxylic acids is 1. The Balaban J connectivity index is 2.81. The first kappa shape index (κ1) is 16.7. The normalized spacial score (nSPS) is 10.4. The molecule has 0 saturated carbocycles. The molecule has 0 saturated heterocycles. The SMILES string of the molecule is CCCc1nc(Cl)cc(N(C)CC(=O)N(CC)CC)n1. The zero-order valence-corrected chi connectivity index (χ0v) is 13.4. The van der Waals surface area contributed by atoms with E-state index >= 15 is 0 Å². The van der Waals surface area contributed by atoms with Crippen LogP contribution in [0.3, 0.4) is 0 Å². The van der Waals surface area contributed by atoms with Crippen LogP contribution in [0.25, 0.3) is 0 Å². The second kappa shape index (κ2) is 8.04. The van der Waals surface area contributed by atoms with Gasteiger partial charge < -0.3 is 9.80 Å². The number of aromatic nitrogens is 2. The van der Waals surface area contributed by atoms with Crippen LogP contribution in [-0.2, 0) is 11.2 Å². The van der Waals surface area contributed by atoms with E-state index in [-0.39, 0.29) is 5.91 Å². The zero-order valence-electron chi connectivity index (χ0n) is 12.7. The van der Waals surface area contributed by atoms with Gasteiger partial charge in [0.15, 0.2) is 0 Å². The van der Waals surface area contributed by atoms with Crippen LogP contribution < -0.4 is 4.90 Å². The highest BCUT2D eigenvalue weighted by atomic mass is 35.5. The number of carbonyl (C=O) groups is 1. The highest BCUT2D eigenvalue weighted by Crippen LogP contribution is 2.15. The summed E-state index contributed by atoms with van der Waals surface area (Å²) in [5, 5.41) is 0.417. The molecule has 6 heteroatoms. The Hall–Kier alpha value is -1.36. The average molecular weight is 299 g/mol. The Morgan fingerprint density at radius 2 is 1.90 bits per heavy atom. The summed E-state index contributed by atoms with van der Waals surface area (Å²) in [4.78, 5) is 24.3. The van der Waals surface area contributed by atoms with Crippen molar-refractivity contribution in [2.75, 3.05) is 31.6 Å². The lowest BCUT2D eigenvalue weighted by Crippen LogP contribution is -2.39. The molecule has 112 valence electrons. The number of hydrogen-bond acceptors (Lipinski definition) is 4. The van der Waals surface area contributed by atoms with E-state index in [2.05, 4.69) is 16.9 Å². The Morgan fingerprint density at radius 3 is 2.45 bits per heavy atom. The fraction of sp³-hybridized carbons (Fsp3) is 0.643. The van der Waals surface area contributed by atoms with Gasteiger partial charge in [-0.05, 0) is 20.3 Å². The van der Waals surface area contributed by atoms with E-state index in [9.17, 15) is 4.79 Å². The predicted molar refractivity (Wildman–Crippen MR) is 82.2 cm³/mol. The number of amides is 1. The highest BCUT2D eigenvalue weighted by molar-refractivity contribution is 6.29. The number of likely N-dealkylation sites (N-methyl/N-ethyl adjacent to an activating group) is 2. The summed E-state index contributed by atoms with van der Waals surface area (Å²) in [6.45, 7) is 7.74. The van der Waals surface area contributed by atoms with E-state index in [1.165, 1.54) is 0 Å². The van der Waals surface area contributed by atoms with Crippen LogP contribution >= 0.6 is 11.6 Å². The molecule has 0 unspecified atom stereocenters. The average Bonchev–Trinajstić information content (AvgIpc) is 2.39. The van der Waals surface area contributed by atoms with Crippen molar-refractivity contribution in [2.45, 2.75) is 33.6 Å². The number of aryl methyl sites for hydroxylation is 1. The van der Waals surface area contributed by atoms with Gasteiger partial charge in [-0.3, -0.25) is 4.79 Å². The van der Waals surface area contributed by atoms with E-state index in [4.69, 9.17) is 11.6 Å². The largest absolute Gasteiger partial charge is 0.350 e. The standard InChI is InChI=1S/C14H23ClN4O/c1-5-8-12-16-11(15)9-13(17-12)18(4)10-14(20)19(6-2)7-3/h9H,5-8,10H2,1-4H3. The third-order valence-corrected chi connectivity index (χ3v) is 3.27. The minimum Gasteiger partial charge on any atom is -0.350 e. The number of rotatable bonds is 7. The summed E-state index contributed by atoms with van der Waals surface area (Å²) in [6.07, 6.45) is 1.74. The van der Waals surface area contributed by atoms with Gasteiger partial charge in [0.2, 0.25) is 5.91 Å². The minimum atomic E-state index is 0.0873. The van der Waals surface area contributed by atoms with Crippen molar-refractivity contribution in [2.24, 2.45) is 0 Å². The molecule has 1 aromatic rings. The molecule has 0 aliphatic carbocycles. The van der Waals surface area contributed by atoms with Crippen molar-refractivity contribution in [3.05, 3.63) is 17.0 Å². The fourth-order valence-corrected chi connectivity index (χ4v) is 2.14. The fourth-order valence-electron chi connectivity index (χ4n) is 1.94. The lowest BCUT2D eigenvalue weighted by Gasteiger charge is -2.24. The Bertz CT molecular complexity index is 449. The third-order valence-electron chi connectivity index (χ3n) is 3.08. The molecule has 1 rings (SSSR count). The summed E-state index contributed by atoms with van der Waals surface area (Å²) in [5.74, 6) is 1.50. The highest BCUT2D eigenvalue weighted by Gasteiger charge is 2.14. The quantitative estimate of drug-likeness (QED) is 0.725.